The minimum absolute atomic E-state index is 0.120. The van der Waals surface area contributed by atoms with Crippen molar-refractivity contribution in [3.8, 4) is 11.5 Å². The lowest BCUT2D eigenvalue weighted by Gasteiger charge is -2.29. The van der Waals surface area contributed by atoms with Gasteiger partial charge in [0.1, 0.15) is 11.5 Å². The van der Waals surface area contributed by atoms with Crippen LogP contribution < -0.4 is 4.74 Å². The summed E-state index contributed by atoms with van der Waals surface area (Å²) in [6.45, 7) is 0. The zero-order valence-corrected chi connectivity index (χ0v) is 9.46. The summed E-state index contributed by atoms with van der Waals surface area (Å²) in [5, 5.41) is 0. The van der Waals surface area contributed by atoms with Crippen molar-refractivity contribution in [2.45, 2.75) is 5.92 Å². The van der Waals surface area contributed by atoms with Gasteiger partial charge in [-0.25, -0.2) is 4.99 Å². The predicted octanol–water partition coefficient (Wildman–Crippen LogP) is 2.88. The van der Waals surface area contributed by atoms with Gasteiger partial charge in [-0.1, -0.05) is 30.3 Å². The predicted molar refractivity (Wildman–Crippen MR) is 67.4 cm³/mol. The van der Waals surface area contributed by atoms with Gasteiger partial charge >= 0.3 is 0 Å². The minimum atomic E-state index is -0.314. The van der Waals surface area contributed by atoms with Crippen LogP contribution in [0.25, 0.3) is 0 Å². The van der Waals surface area contributed by atoms with Crippen LogP contribution in [0.3, 0.4) is 0 Å². The van der Waals surface area contributed by atoms with Crippen LogP contribution in [0.4, 0.5) is 0 Å². The molecule has 0 fully saturated rings. The lowest BCUT2D eigenvalue weighted by Crippen LogP contribution is -2.22. The topological polar surface area (TPSA) is 38.7 Å². The van der Waals surface area contributed by atoms with Gasteiger partial charge in [0.2, 0.25) is 0 Å². The van der Waals surface area contributed by atoms with Gasteiger partial charge in [-0.3, -0.25) is 4.79 Å². The molecule has 2 aromatic carbocycles. The summed E-state index contributed by atoms with van der Waals surface area (Å²) in [7, 11) is 0. The van der Waals surface area contributed by atoms with Gasteiger partial charge in [-0.05, 0) is 12.1 Å². The smallest absolute Gasteiger partial charge is 0.257 e. The summed E-state index contributed by atoms with van der Waals surface area (Å²) < 4.78 is 5.86. The zero-order valence-electron chi connectivity index (χ0n) is 9.46. The van der Waals surface area contributed by atoms with E-state index in [2.05, 4.69) is 4.99 Å². The first kappa shape index (κ1) is 9.59. The van der Waals surface area contributed by atoms with Gasteiger partial charge in [-0.15, -0.1) is 0 Å². The normalized spacial score (nSPS) is 18.9. The van der Waals surface area contributed by atoms with Crippen LogP contribution in [0.5, 0.6) is 11.5 Å². The molecule has 0 bridgehead atoms. The minimum Gasteiger partial charge on any atom is -0.457 e. The molecule has 2 aliphatic rings. The fourth-order valence-corrected chi connectivity index (χ4v) is 2.62. The Morgan fingerprint density at radius 3 is 2.78 bits per heavy atom. The highest BCUT2D eigenvalue weighted by Crippen LogP contribution is 2.46. The van der Waals surface area contributed by atoms with Crippen LogP contribution in [-0.4, -0.2) is 12.1 Å². The number of carbonyl (C=O) groups excluding carboxylic acids is 1. The Balaban J connectivity index is 2.07. The summed E-state index contributed by atoms with van der Waals surface area (Å²) in [6.07, 6.45) is 1.62. The molecule has 1 amide bonds. The number of para-hydroxylation sites is 1. The number of carbonyl (C=O) groups is 1. The molecule has 0 aliphatic carbocycles. The van der Waals surface area contributed by atoms with E-state index in [-0.39, 0.29) is 11.8 Å². The number of rotatable bonds is 0. The lowest BCUT2D eigenvalue weighted by molar-refractivity contribution is -0.118. The number of hydrogen-bond acceptors (Lipinski definition) is 2. The van der Waals surface area contributed by atoms with E-state index in [0.29, 0.717) is 0 Å². The molecule has 2 aromatic rings. The van der Waals surface area contributed by atoms with E-state index in [1.54, 1.807) is 6.21 Å². The SMILES string of the molecule is O=C1N=Cc2cccc3c2C1c1ccccc1O3. The van der Waals surface area contributed by atoms with Crippen LogP contribution in [0.15, 0.2) is 47.5 Å². The van der Waals surface area contributed by atoms with E-state index in [1.165, 1.54) is 0 Å². The highest BCUT2D eigenvalue weighted by molar-refractivity contribution is 6.04. The maximum absolute atomic E-state index is 12.1. The largest absolute Gasteiger partial charge is 0.457 e. The second-order valence-electron chi connectivity index (χ2n) is 4.43. The molecule has 0 radical (unpaired) electrons. The average Bonchev–Trinajstić information content (AvgIpc) is 2.41. The second-order valence-corrected chi connectivity index (χ2v) is 4.43. The van der Waals surface area contributed by atoms with Crippen molar-refractivity contribution < 1.29 is 9.53 Å². The molecule has 0 saturated carbocycles. The van der Waals surface area contributed by atoms with Crippen LogP contribution >= 0.6 is 0 Å². The van der Waals surface area contributed by atoms with Crippen molar-refractivity contribution >= 4 is 12.1 Å². The second kappa shape index (κ2) is 3.29. The quantitative estimate of drug-likeness (QED) is 0.704. The first-order valence-electron chi connectivity index (χ1n) is 5.82. The van der Waals surface area contributed by atoms with E-state index < -0.39 is 0 Å². The third-order valence-electron chi connectivity index (χ3n) is 3.42. The number of hydrogen-bond donors (Lipinski definition) is 0. The molecule has 1 unspecified atom stereocenters. The molecule has 86 valence electrons. The molecule has 0 saturated heterocycles. The molecule has 1 atom stereocenters. The molecule has 0 N–H and O–H groups in total. The van der Waals surface area contributed by atoms with E-state index in [1.807, 2.05) is 42.5 Å². The Bertz CT molecular complexity index is 703. The van der Waals surface area contributed by atoms with Gasteiger partial charge < -0.3 is 4.74 Å². The Hall–Kier alpha value is -2.42. The molecule has 2 heterocycles. The summed E-state index contributed by atoms with van der Waals surface area (Å²) >= 11 is 0. The highest BCUT2D eigenvalue weighted by atomic mass is 16.5. The van der Waals surface area contributed by atoms with E-state index in [4.69, 9.17) is 4.74 Å². The zero-order chi connectivity index (χ0) is 12.1. The van der Waals surface area contributed by atoms with Gasteiger partial charge in [0.05, 0.1) is 5.92 Å². The van der Waals surface area contributed by atoms with Crippen LogP contribution in [-0.2, 0) is 4.79 Å². The molecule has 4 rings (SSSR count). The number of aliphatic imine (C=N–C) groups is 1. The third-order valence-corrected chi connectivity index (χ3v) is 3.42. The third kappa shape index (κ3) is 1.13. The summed E-state index contributed by atoms with van der Waals surface area (Å²) in [5.74, 6) is 1.07. The Kier molecular flexibility index (Phi) is 1.75. The van der Waals surface area contributed by atoms with Crippen molar-refractivity contribution in [2.75, 3.05) is 0 Å². The monoisotopic (exact) mass is 235 g/mol. The van der Waals surface area contributed by atoms with Crippen molar-refractivity contribution in [3.63, 3.8) is 0 Å². The van der Waals surface area contributed by atoms with Gasteiger partial charge in [0, 0.05) is 22.9 Å². The first-order chi connectivity index (χ1) is 8.84. The van der Waals surface area contributed by atoms with E-state index >= 15 is 0 Å². The molecule has 3 nitrogen and oxygen atoms in total. The van der Waals surface area contributed by atoms with Gasteiger partial charge in [-0.2, -0.15) is 0 Å². The van der Waals surface area contributed by atoms with Crippen molar-refractivity contribution in [1.82, 2.24) is 0 Å². The van der Waals surface area contributed by atoms with Crippen LogP contribution in [0, 0.1) is 0 Å². The number of nitrogens with zero attached hydrogens (tertiary/aromatic N) is 1. The van der Waals surface area contributed by atoms with Gasteiger partial charge in [0.15, 0.2) is 0 Å². The molecule has 18 heavy (non-hydrogen) atoms. The molecular weight excluding hydrogens is 226 g/mol. The first-order valence-corrected chi connectivity index (χ1v) is 5.82. The molecule has 0 spiro atoms. The Morgan fingerprint density at radius 1 is 1.00 bits per heavy atom. The van der Waals surface area contributed by atoms with Crippen LogP contribution in [0.1, 0.15) is 22.6 Å². The maximum Gasteiger partial charge on any atom is 0.257 e. The molecule has 3 heteroatoms. The van der Waals surface area contributed by atoms with Gasteiger partial charge in [0.25, 0.3) is 5.91 Å². The number of ether oxygens (including phenoxy) is 1. The summed E-state index contributed by atoms with van der Waals surface area (Å²) in [4.78, 5) is 16.1. The number of benzene rings is 2. The summed E-state index contributed by atoms with van der Waals surface area (Å²) in [5.41, 5.74) is 2.81. The number of fused-ring (bicyclic) bond motifs is 2. The molecule has 2 aliphatic heterocycles. The van der Waals surface area contributed by atoms with Crippen LogP contribution in [0.2, 0.25) is 0 Å². The summed E-state index contributed by atoms with van der Waals surface area (Å²) in [6, 6.07) is 13.4. The maximum atomic E-state index is 12.1. The van der Waals surface area contributed by atoms with E-state index in [9.17, 15) is 4.79 Å². The fourth-order valence-electron chi connectivity index (χ4n) is 2.62. The Morgan fingerprint density at radius 2 is 1.83 bits per heavy atom. The Labute approximate surface area is 104 Å². The fraction of sp³-hybridized carbons (Fsp3) is 0.0667. The number of amides is 1. The van der Waals surface area contributed by atoms with Crippen molar-refractivity contribution in [1.29, 1.82) is 0 Å². The molecule has 0 aromatic heterocycles. The standard InChI is InChI=1S/C15H9NO2/c17-15-14-10-5-1-2-6-11(10)18-12-7-3-4-9(8-16-15)13(12)14/h1-8,14H. The average molecular weight is 235 g/mol. The van der Waals surface area contributed by atoms with Crippen molar-refractivity contribution in [3.05, 3.63) is 59.2 Å². The highest BCUT2D eigenvalue weighted by Gasteiger charge is 2.35. The molecular formula is C15H9NO2. The van der Waals surface area contributed by atoms with Crippen molar-refractivity contribution in [2.24, 2.45) is 4.99 Å². The lowest BCUT2D eigenvalue weighted by atomic mass is 9.83. The van der Waals surface area contributed by atoms with E-state index in [0.717, 1.165) is 28.2 Å².